The molecular formula is C14H22N2. The zero-order valence-corrected chi connectivity index (χ0v) is 11.0. The summed E-state index contributed by atoms with van der Waals surface area (Å²) in [6.07, 6.45) is 1.22. The number of benzene rings is 1. The van der Waals surface area contributed by atoms with Crippen LogP contribution in [-0.4, -0.2) is 21.1 Å². The van der Waals surface area contributed by atoms with E-state index in [-0.39, 0.29) is 5.54 Å². The lowest BCUT2D eigenvalue weighted by molar-refractivity contribution is 0.441. The first-order valence-electron chi connectivity index (χ1n) is 5.90. The van der Waals surface area contributed by atoms with Crippen LogP contribution in [0.15, 0.2) is 24.3 Å². The van der Waals surface area contributed by atoms with Crippen LogP contribution in [0, 0.1) is 5.41 Å². The molecule has 0 aliphatic heterocycles. The van der Waals surface area contributed by atoms with Gasteiger partial charge in [-0.1, -0.05) is 26.0 Å². The van der Waals surface area contributed by atoms with Crippen molar-refractivity contribution in [2.75, 3.05) is 26.0 Å². The van der Waals surface area contributed by atoms with Crippen LogP contribution in [-0.2, 0) is 5.54 Å². The number of hydrogen-bond donors (Lipinski definition) is 1. The number of nitrogens with one attached hydrogen (secondary N) is 1. The highest BCUT2D eigenvalue weighted by Gasteiger charge is 2.61. The molecule has 1 saturated carbocycles. The van der Waals surface area contributed by atoms with E-state index >= 15 is 0 Å². The van der Waals surface area contributed by atoms with Crippen LogP contribution in [0.4, 0.5) is 5.69 Å². The summed E-state index contributed by atoms with van der Waals surface area (Å²) in [5, 5.41) is 3.49. The van der Waals surface area contributed by atoms with Crippen molar-refractivity contribution in [2.24, 2.45) is 5.41 Å². The third-order valence-corrected chi connectivity index (χ3v) is 4.04. The molecule has 1 unspecified atom stereocenters. The second kappa shape index (κ2) is 3.49. The molecule has 0 saturated heterocycles. The monoisotopic (exact) mass is 218 g/mol. The molecule has 0 amide bonds. The Hall–Kier alpha value is -1.02. The van der Waals surface area contributed by atoms with Crippen molar-refractivity contribution in [1.29, 1.82) is 0 Å². The van der Waals surface area contributed by atoms with E-state index in [9.17, 15) is 0 Å². The molecule has 1 aliphatic carbocycles. The van der Waals surface area contributed by atoms with Crippen LogP contribution in [0.25, 0.3) is 0 Å². The minimum Gasteiger partial charge on any atom is -0.378 e. The zero-order valence-electron chi connectivity index (χ0n) is 11.0. The molecule has 1 N–H and O–H groups in total. The van der Waals surface area contributed by atoms with E-state index in [1.165, 1.54) is 17.7 Å². The highest BCUT2D eigenvalue weighted by molar-refractivity contribution is 5.49. The molecule has 0 heterocycles. The Labute approximate surface area is 98.7 Å². The molecule has 2 heteroatoms. The summed E-state index contributed by atoms with van der Waals surface area (Å²) < 4.78 is 0. The number of hydrogen-bond acceptors (Lipinski definition) is 2. The van der Waals surface area contributed by atoms with Crippen LogP contribution >= 0.6 is 0 Å². The van der Waals surface area contributed by atoms with E-state index in [4.69, 9.17) is 0 Å². The summed E-state index contributed by atoms with van der Waals surface area (Å²) in [6, 6.07) is 8.90. The third-order valence-electron chi connectivity index (χ3n) is 4.04. The van der Waals surface area contributed by atoms with Crippen LogP contribution < -0.4 is 10.2 Å². The topological polar surface area (TPSA) is 15.3 Å². The molecule has 1 aliphatic rings. The Morgan fingerprint density at radius 1 is 1.12 bits per heavy atom. The van der Waals surface area contributed by atoms with E-state index in [2.05, 4.69) is 69.5 Å². The smallest absolute Gasteiger partial charge is 0.0490 e. The molecule has 88 valence electrons. The van der Waals surface area contributed by atoms with Gasteiger partial charge in [0.15, 0.2) is 0 Å². The fraction of sp³-hybridized carbons (Fsp3) is 0.571. The van der Waals surface area contributed by atoms with Crippen molar-refractivity contribution in [3.05, 3.63) is 29.8 Å². The summed E-state index contributed by atoms with van der Waals surface area (Å²) >= 11 is 0. The van der Waals surface area contributed by atoms with Crippen LogP contribution in [0.2, 0.25) is 0 Å². The first kappa shape index (κ1) is 11.5. The number of rotatable bonds is 3. The van der Waals surface area contributed by atoms with Crippen molar-refractivity contribution in [3.8, 4) is 0 Å². The lowest BCUT2D eigenvalue weighted by Crippen LogP contribution is -2.30. The lowest BCUT2D eigenvalue weighted by Gasteiger charge is -2.21. The summed E-state index contributed by atoms with van der Waals surface area (Å²) in [7, 11) is 6.21. The zero-order chi connectivity index (χ0) is 12.0. The van der Waals surface area contributed by atoms with E-state index in [1.54, 1.807) is 0 Å². The van der Waals surface area contributed by atoms with E-state index in [0.29, 0.717) is 5.41 Å². The standard InChI is InChI=1S/C14H22N2/c1-13(2)10-14(13,15-3)11-6-8-12(9-7-11)16(4)5/h6-9,15H,10H2,1-5H3. The Kier molecular flexibility index (Phi) is 2.50. The largest absolute Gasteiger partial charge is 0.378 e. The van der Waals surface area contributed by atoms with Crippen molar-refractivity contribution in [3.63, 3.8) is 0 Å². The molecule has 2 rings (SSSR count). The van der Waals surface area contributed by atoms with Crippen molar-refractivity contribution in [2.45, 2.75) is 25.8 Å². The first-order chi connectivity index (χ1) is 7.43. The average Bonchev–Trinajstić information content (AvgIpc) is 2.82. The Morgan fingerprint density at radius 3 is 1.94 bits per heavy atom. The van der Waals surface area contributed by atoms with Gasteiger partial charge in [0.1, 0.15) is 0 Å². The maximum atomic E-state index is 3.49. The predicted molar refractivity (Wildman–Crippen MR) is 69.9 cm³/mol. The van der Waals surface area contributed by atoms with E-state index < -0.39 is 0 Å². The fourth-order valence-electron chi connectivity index (χ4n) is 2.73. The van der Waals surface area contributed by atoms with Gasteiger partial charge in [-0.2, -0.15) is 0 Å². The summed E-state index contributed by atoms with van der Waals surface area (Å²) in [4.78, 5) is 2.13. The van der Waals surface area contributed by atoms with Gasteiger partial charge in [0.2, 0.25) is 0 Å². The molecule has 1 fully saturated rings. The maximum Gasteiger partial charge on any atom is 0.0490 e. The second-order valence-corrected chi connectivity index (χ2v) is 5.66. The van der Waals surface area contributed by atoms with Crippen molar-refractivity contribution in [1.82, 2.24) is 5.32 Å². The van der Waals surface area contributed by atoms with Crippen molar-refractivity contribution < 1.29 is 0 Å². The number of anilines is 1. The molecule has 1 aromatic rings. The highest BCUT2D eigenvalue weighted by atomic mass is 15.1. The molecule has 2 nitrogen and oxygen atoms in total. The molecule has 0 aromatic heterocycles. The average molecular weight is 218 g/mol. The second-order valence-electron chi connectivity index (χ2n) is 5.66. The molecule has 16 heavy (non-hydrogen) atoms. The molecule has 0 spiro atoms. The van der Waals surface area contributed by atoms with Crippen LogP contribution in [0.5, 0.6) is 0 Å². The summed E-state index contributed by atoms with van der Waals surface area (Å²) in [6.45, 7) is 4.65. The minimum absolute atomic E-state index is 0.192. The van der Waals surface area contributed by atoms with Crippen LogP contribution in [0.1, 0.15) is 25.8 Å². The first-order valence-corrected chi connectivity index (χ1v) is 5.90. The molecule has 0 bridgehead atoms. The van der Waals surface area contributed by atoms with Crippen LogP contribution in [0.3, 0.4) is 0 Å². The lowest BCUT2D eigenvalue weighted by atomic mass is 9.96. The quantitative estimate of drug-likeness (QED) is 0.839. The third kappa shape index (κ3) is 1.52. The minimum atomic E-state index is 0.192. The van der Waals surface area contributed by atoms with Gasteiger partial charge < -0.3 is 10.2 Å². The molecule has 1 atom stereocenters. The van der Waals surface area contributed by atoms with Gasteiger partial charge in [0, 0.05) is 25.3 Å². The van der Waals surface area contributed by atoms with Gasteiger partial charge in [-0.15, -0.1) is 0 Å². The van der Waals surface area contributed by atoms with Gasteiger partial charge in [-0.3, -0.25) is 0 Å². The van der Waals surface area contributed by atoms with Gasteiger partial charge in [0.05, 0.1) is 0 Å². The Morgan fingerprint density at radius 2 is 1.62 bits per heavy atom. The molecule has 1 aromatic carbocycles. The highest BCUT2D eigenvalue weighted by Crippen LogP contribution is 2.62. The van der Waals surface area contributed by atoms with E-state index in [1.807, 2.05) is 0 Å². The predicted octanol–water partition coefficient (Wildman–Crippen LogP) is 2.60. The van der Waals surface area contributed by atoms with Gasteiger partial charge in [-0.05, 0) is 36.6 Å². The Bertz CT molecular complexity index is 378. The SMILES string of the molecule is CNC1(c2ccc(N(C)C)cc2)CC1(C)C. The normalized spacial score (nSPS) is 26.6. The Balaban J connectivity index is 2.29. The van der Waals surface area contributed by atoms with Gasteiger partial charge in [-0.25, -0.2) is 0 Å². The fourth-order valence-corrected chi connectivity index (χ4v) is 2.73. The summed E-state index contributed by atoms with van der Waals surface area (Å²) in [5.41, 5.74) is 3.23. The maximum absolute atomic E-state index is 3.49. The number of nitrogens with zero attached hydrogens (tertiary/aromatic N) is 1. The summed E-state index contributed by atoms with van der Waals surface area (Å²) in [5.74, 6) is 0. The van der Waals surface area contributed by atoms with E-state index in [0.717, 1.165) is 0 Å². The molecular weight excluding hydrogens is 196 g/mol. The van der Waals surface area contributed by atoms with Gasteiger partial charge in [0.25, 0.3) is 0 Å². The van der Waals surface area contributed by atoms with Gasteiger partial charge >= 0.3 is 0 Å². The van der Waals surface area contributed by atoms with Crippen molar-refractivity contribution >= 4 is 5.69 Å². The molecule has 0 radical (unpaired) electrons.